The number of hydrogen-bond acceptors (Lipinski definition) is 5. The molecule has 5 N–H and O–H groups in total. The van der Waals surface area contributed by atoms with Crippen LogP contribution >= 0.6 is 0 Å². The molecule has 3 rings (SSSR count). The van der Waals surface area contributed by atoms with Gasteiger partial charge in [0.1, 0.15) is 11.4 Å². The molecular weight excluding hydrogens is 424 g/mol. The lowest BCUT2D eigenvalue weighted by atomic mass is 10.0. The van der Waals surface area contributed by atoms with Crippen LogP contribution in [0.2, 0.25) is 0 Å². The summed E-state index contributed by atoms with van der Waals surface area (Å²) >= 11 is 0. The fraction of sp³-hybridized carbons (Fsp3) is 0.167. The van der Waals surface area contributed by atoms with E-state index in [1.165, 1.54) is 6.26 Å². The van der Waals surface area contributed by atoms with E-state index in [4.69, 9.17) is 11.1 Å². The van der Waals surface area contributed by atoms with Crippen LogP contribution in [0.1, 0.15) is 19.4 Å². The predicted molar refractivity (Wildman–Crippen MR) is 129 cm³/mol. The first-order valence-corrected chi connectivity index (χ1v) is 11.8. The lowest BCUT2D eigenvalue weighted by molar-refractivity contribution is -0.119. The van der Waals surface area contributed by atoms with Gasteiger partial charge in [0.25, 0.3) is 0 Å². The van der Waals surface area contributed by atoms with Gasteiger partial charge in [-0.1, -0.05) is 42.5 Å². The van der Waals surface area contributed by atoms with Crippen molar-refractivity contribution in [2.45, 2.75) is 24.3 Å². The molecule has 3 aromatic rings. The van der Waals surface area contributed by atoms with Gasteiger partial charge < -0.3 is 16.4 Å². The van der Waals surface area contributed by atoms with Gasteiger partial charge in [0.15, 0.2) is 9.84 Å². The summed E-state index contributed by atoms with van der Waals surface area (Å²) in [4.78, 5) is 13.1. The maximum Gasteiger partial charge on any atom is 0.249 e. The fourth-order valence-electron chi connectivity index (χ4n) is 3.23. The Morgan fingerprint density at radius 2 is 1.59 bits per heavy atom. The van der Waals surface area contributed by atoms with Crippen LogP contribution < -0.4 is 16.4 Å². The highest BCUT2D eigenvalue weighted by atomic mass is 32.2. The first-order valence-electron chi connectivity index (χ1n) is 9.91. The predicted octanol–water partition coefficient (Wildman–Crippen LogP) is 3.87. The number of benzene rings is 3. The topological polar surface area (TPSA) is 125 Å². The Morgan fingerprint density at radius 1 is 0.938 bits per heavy atom. The second-order valence-corrected chi connectivity index (χ2v) is 10.0. The first kappa shape index (κ1) is 23.0. The lowest BCUT2D eigenvalue weighted by Crippen LogP contribution is -2.44. The molecule has 0 bridgehead atoms. The van der Waals surface area contributed by atoms with Gasteiger partial charge in [0.05, 0.1) is 4.90 Å². The zero-order chi connectivity index (χ0) is 23.5. The highest BCUT2D eigenvalue weighted by molar-refractivity contribution is 7.90. The van der Waals surface area contributed by atoms with Crippen molar-refractivity contribution in [2.24, 2.45) is 5.73 Å². The van der Waals surface area contributed by atoms with Crippen LogP contribution in [0.3, 0.4) is 0 Å². The first-order chi connectivity index (χ1) is 15.0. The molecular formula is C24H26N4O3S. The number of hydrogen-bond donors (Lipinski definition) is 4. The molecule has 0 fully saturated rings. The quantitative estimate of drug-likeness (QED) is 0.321. The summed E-state index contributed by atoms with van der Waals surface area (Å²) in [6.07, 6.45) is 1.18. The van der Waals surface area contributed by atoms with Gasteiger partial charge in [-0.15, -0.1) is 0 Å². The fourth-order valence-corrected chi connectivity index (χ4v) is 4.14. The summed E-state index contributed by atoms with van der Waals surface area (Å²) in [5.74, 6) is -0.302. The molecule has 0 saturated heterocycles. The minimum atomic E-state index is -3.37. The number of nitrogens with two attached hydrogens (primary N) is 1. The summed E-state index contributed by atoms with van der Waals surface area (Å²) in [7, 11) is -3.37. The second kappa shape index (κ2) is 8.84. The Morgan fingerprint density at radius 3 is 2.22 bits per heavy atom. The highest BCUT2D eigenvalue weighted by Crippen LogP contribution is 2.28. The number of amidine groups is 1. The normalized spacial score (nSPS) is 11.6. The number of anilines is 2. The number of rotatable bonds is 7. The van der Waals surface area contributed by atoms with Gasteiger partial charge in [-0.25, -0.2) is 8.42 Å². The average molecular weight is 451 g/mol. The van der Waals surface area contributed by atoms with Crippen LogP contribution in [0.15, 0.2) is 77.7 Å². The van der Waals surface area contributed by atoms with Crippen molar-refractivity contribution in [3.63, 3.8) is 0 Å². The van der Waals surface area contributed by atoms with E-state index in [2.05, 4.69) is 10.6 Å². The SMILES string of the molecule is CC(C)(Nc1cccc(C(=N)N)c1)C(=O)Nc1ccc(-c2ccccc2S(C)(=O)=O)cc1. The standard InChI is InChI=1S/C24H26N4O3S/c1-24(2,28-19-8-6-7-17(15-19)22(25)26)23(29)27-18-13-11-16(12-14-18)20-9-4-5-10-21(20)32(3,30)31/h4-15,28H,1-3H3,(H3,25,26)(H,27,29). The second-order valence-electron chi connectivity index (χ2n) is 8.04. The summed E-state index contributed by atoms with van der Waals surface area (Å²) in [5, 5.41) is 13.6. The zero-order valence-corrected chi connectivity index (χ0v) is 19.0. The Bertz CT molecular complexity index is 1270. The minimum absolute atomic E-state index is 0.0477. The van der Waals surface area contributed by atoms with Gasteiger partial charge in [0.2, 0.25) is 5.91 Å². The summed E-state index contributed by atoms with van der Waals surface area (Å²) < 4.78 is 24.2. The smallest absolute Gasteiger partial charge is 0.249 e. The largest absolute Gasteiger partial charge is 0.384 e. The molecule has 1 amide bonds. The van der Waals surface area contributed by atoms with E-state index >= 15 is 0 Å². The Kier molecular flexibility index (Phi) is 6.36. The molecule has 8 heteroatoms. The Labute approximate surface area is 188 Å². The summed E-state index contributed by atoms with van der Waals surface area (Å²) in [5.41, 5.74) is 7.76. The molecule has 0 aliphatic heterocycles. The van der Waals surface area contributed by atoms with Crippen molar-refractivity contribution >= 4 is 33.0 Å². The zero-order valence-electron chi connectivity index (χ0n) is 18.1. The molecule has 0 aromatic heterocycles. The van der Waals surface area contributed by atoms with E-state index in [1.54, 1.807) is 86.6 Å². The van der Waals surface area contributed by atoms with Crippen molar-refractivity contribution in [1.82, 2.24) is 0 Å². The number of carbonyl (C=O) groups excluding carboxylic acids is 1. The molecule has 0 unspecified atom stereocenters. The third-order valence-corrected chi connectivity index (χ3v) is 6.09. The third-order valence-electron chi connectivity index (χ3n) is 4.94. The van der Waals surface area contributed by atoms with Crippen molar-refractivity contribution in [3.05, 3.63) is 78.4 Å². The molecule has 32 heavy (non-hydrogen) atoms. The number of amides is 1. The van der Waals surface area contributed by atoms with Crippen LogP contribution in [0, 0.1) is 5.41 Å². The van der Waals surface area contributed by atoms with Crippen molar-refractivity contribution in [1.29, 1.82) is 5.41 Å². The lowest BCUT2D eigenvalue weighted by Gasteiger charge is -2.26. The monoisotopic (exact) mass is 450 g/mol. The van der Waals surface area contributed by atoms with Crippen molar-refractivity contribution in [2.75, 3.05) is 16.9 Å². The molecule has 0 heterocycles. The van der Waals surface area contributed by atoms with Gasteiger partial charge in [-0.2, -0.15) is 0 Å². The van der Waals surface area contributed by atoms with Crippen LogP contribution in [-0.2, 0) is 14.6 Å². The van der Waals surface area contributed by atoms with Crippen molar-refractivity contribution in [3.8, 4) is 11.1 Å². The maximum absolute atomic E-state index is 12.9. The van der Waals surface area contributed by atoms with Crippen LogP contribution in [-0.4, -0.2) is 32.0 Å². The van der Waals surface area contributed by atoms with E-state index < -0.39 is 15.4 Å². The van der Waals surface area contributed by atoms with Gasteiger partial charge in [-0.3, -0.25) is 10.2 Å². The molecule has 0 radical (unpaired) electrons. The Hall–Kier alpha value is -3.65. The average Bonchev–Trinajstić information content (AvgIpc) is 2.73. The summed E-state index contributed by atoms with van der Waals surface area (Å²) in [6, 6.07) is 20.8. The maximum atomic E-state index is 12.9. The molecule has 0 aliphatic rings. The van der Waals surface area contributed by atoms with E-state index in [9.17, 15) is 13.2 Å². The molecule has 0 saturated carbocycles. The van der Waals surface area contributed by atoms with Crippen LogP contribution in [0.25, 0.3) is 11.1 Å². The number of sulfone groups is 1. The van der Waals surface area contributed by atoms with E-state index in [0.717, 1.165) is 5.56 Å². The molecule has 166 valence electrons. The van der Waals surface area contributed by atoms with E-state index in [1.807, 2.05) is 0 Å². The van der Waals surface area contributed by atoms with Gasteiger partial charge in [0, 0.05) is 28.8 Å². The highest BCUT2D eigenvalue weighted by Gasteiger charge is 2.27. The third kappa shape index (κ3) is 5.33. The minimum Gasteiger partial charge on any atom is -0.384 e. The van der Waals surface area contributed by atoms with Gasteiger partial charge in [-0.05, 0) is 49.7 Å². The Balaban J connectivity index is 1.76. The summed E-state index contributed by atoms with van der Waals surface area (Å²) in [6.45, 7) is 3.50. The molecule has 0 spiro atoms. The molecule has 0 aliphatic carbocycles. The molecule has 7 nitrogen and oxygen atoms in total. The van der Waals surface area contributed by atoms with E-state index in [-0.39, 0.29) is 16.6 Å². The van der Waals surface area contributed by atoms with Gasteiger partial charge >= 0.3 is 0 Å². The number of nitrogens with one attached hydrogen (secondary N) is 3. The van der Waals surface area contributed by atoms with Crippen molar-refractivity contribution < 1.29 is 13.2 Å². The number of nitrogen functional groups attached to an aromatic ring is 1. The molecule has 3 aromatic carbocycles. The number of carbonyl (C=O) groups is 1. The van der Waals surface area contributed by atoms with Crippen LogP contribution in [0.4, 0.5) is 11.4 Å². The van der Waals surface area contributed by atoms with Crippen LogP contribution in [0.5, 0.6) is 0 Å². The van der Waals surface area contributed by atoms with E-state index in [0.29, 0.717) is 22.5 Å². The molecule has 0 atom stereocenters.